The van der Waals surface area contributed by atoms with Crippen LogP contribution in [0.2, 0.25) is 5.15 Å². The predicted octanol–water partition coefficient (Wildman–Crippen LogP) is 1.89. The minimum absolute atomic E-state index is 0.133. The molecular weight excluding hydrogens is 263 g/mol. The number of rotatable bonds is 3. The Balaban J connectivity index is 2.83. The topological polar surface area (TPSA) is 76.0 Å². The smallest absolute Gasteiger partial charge is 0.267 e. The molecular formula is C6H4BrClN2O3. The van der Waals surface area contributed by atoms with Gasteiger partial charge in [-0.05, 0) is 22.0 Å². The van der Waals surface area contributed by atoms with E-state index in [0.29, 0.717) is 4.47 Å². The van der Waals surface area contributed by atoms with Crippen molar-refractivity contribution in [1.82, 2.24) is 4.98 Å². The van der Waals surface area contributed by atoms with Crippen LogP contribution in [0.15, 0.2) is 10.5 Å². The zero-order valence-electron chi connectivity index (χ0n) is 6.21. The van der Waals surface area contributed by atoms with Crippen molar-refractivity contribution in [2.75, 3.05) is 6.54 Å². The van der Waals surface area contributed by atoms with Crippen LogP contribution in [0, 0.1) is 10.1 Å². The van der Waals surface area contributed by atoms with Crippen molar-refractivity contribution in [3.8, 4) is 0 Å². The molecule has 0 aliphatic carbocycles. The lowest BCUT2D eigenvalue weighted by molar-refractivity contribution is -0.465. The van der Waals surface area contributed by atoms with Gasteiger partial charge in [0.25, 0.3) is 6.54 Å². The van der Waals surface area contributed by atoms with Gasteiger partial charge in [0.2, 0.25) is 5.78 Å². The van der Waals surface area contributed by atoms with Crippen LogP contribution in [0.4, 0.5) is 0 Å². The number of carbonyl (C=O) groups excluding carboxylic acids is 1. The molecule has 0 amide bonds. The summed E-state index contributed by atoms with van der Waals surface area (Å²) in [6, 6.07) is 1.41. The standard InChI is InChI=1S/C6H4BrClN2O3/c7-3-1-4(9-6(3)8)5(11)2-10(12)13/h1,9H,2H2. The molecule has 0 aromatic carbocycles. The lowest BCUT2D eigenvalue weighted by Gasteiger charge is -1.89. The number of aromatic nitrogens is 1. The number of aromatic amines is 1. The number of ketones is 1. The Morgan fingerprint density at radius 3 is 2.77 bits per heavy atom. The lowest BCUT2D eigenvalue weighted by atomic mass is 10.3. The van der Waals surface area contributed by atoms with Crippen molar-refractivity contribution in [2.45, 2.75) is 0 Å². The largest absolute Gasteiger partial charge is 0.342 e. The molecule has 1 aromatic rings. The first kappa shape index (κ1) is 10.2. The summed E-state index contributed by atoms with van der Waals surface area (Å²) in [4.78, 5) is 22.9. The summed E-state index contributed by atoms with van der Waals surface area (Å²) in [5.41, 5.74) is 0.133. The van der Waals surface area contributed by atoms with Crippen LogP contribution in [0.25, 0.3) is 0 Å². The molecule has 0 unspecified atom stereocenters. The Morgan fingerprint density at radius 1 is 1.77 bits per heavy atom. The molecule has 0 saturated carbocycles. The highest BCUT2D eigenvalue weighted by Crippen LogP contribution is 2.22. The number of nitrogens with one attached hydrogen (secondary N) is 1. The van der Waals surface area contributed by atoms with E-state index in [1.54, 1.807) is 0 Å². The number of hydrogen-bond acceptors (Lipinski definition) is 3. The van der Waals surface area contributed by atoms with Crippen molar-refractivity contribution >= 4 is 33.3 Å². The quantitative estimate of drug-likeness (QED) is 0.516. The van der Waals surface area contributed by atoms with Crippen molar-refractivity contribution in [2.24, 2.45) is 0 Å². The zero-order valence-corrected chi connectivity index (χ0v) is 8.55. The molecule has 0 bridgehead atoms. The van der Waals surface area contributed by atoms with Crippen molar-refractivity contribution < 1.29 is 9.72 Å². The summed E-state index contributed by atoms with van der Waals surface area (Å²) in [5.74, 6) is -0.599. The highest BCUT2D eigenvalue weighted by molar-refractivity contribution is 9.10. The summed E-state index contributed by atoms with van der Waals surface area (Å²) in [6.45, 7) is -0.733. The zero-order chi connectivity index (χ0) is 10.0. The summed E-state index contributed by atoms with van der Waals surface area (Å²) >= 11 is 8.65. The maximum atomic E-state index is 11.1. The number of nitrogens with zero attached hydrogens (tertiary/aromatic N) is 1. The van der Waals surface area contributed by atoms with Gasteiger partial charge in [0.15, 0.2) is 0 Å². The van der Waals surface area contributed by atoms with Gasteiger partial charge in [-0.25, -0.2) is 0 Å². The van der Waals surface area contributed by atoms with Crippen LogP contribution in [0.1, 0.15) is 10.5 Å². The van der Waals surface area contributed by atoms with Gasteiger partial charge in [0.05, 0.1) is 10.2 Å². The number of halogens is 2. The second kappa shape index (κ2) is 3.89. The van der Waals surface area contributed by atoms with Gasteiger partial charge in [-0.2, -0.15) is 0 Å². The molecule has 13 heavy (non-hydrogen) atoms. The lowest BCUT2D eigenvalue weighted by Crippen LogP contribution is -2.13. The van der Waals surface area contributed by atoms with Crippen LogP contribution in [0.3, 0.4) is 0 Å². The minimum Gasteiger partial charge on any atom is -0.342 e. The van der Waals surface area contributed by atoms with Crippen molar-refractivity contribution in [3.63, 3.8) is 0 Å². The number of H-pyrrole nitrogens is 1. The second-order valence-corrected chi connectivity index (χ2v) is 3.49. The van der Waals surface area contributed by atoms with Gasteiger partial charge in [-0.1, -0.05) is 11.6 Å². The van der Waals surface area contributed by atoms with Gasteiger partial charge in [0.1, 0.15) is 5.15 Å². The van der Waals surface area contributed by atoms with Crippen LogP contribution >= 0.6 is 27.5 Å². The molecule has 0 fully saturated rings. The van der Waals surface area contributed by atoms with Crippen LogP contribution in [-0.2, 0) is 0 Å². The first-order valence-electron chi connectivity index (χ1n) is 3.19. The van der Waals surface area contributed by atoms with E-state index in [0.717, 1.165) is 0 Å². The molecule has 0 aliphatic heterocycles. The van der Waals surface area contributed by atoms with E-state index in [4.69, 9.17) is 11.6 Å². The monoisotopic (exact) mass is 266 g/mol. The van der Waals surface area contributed by atoms with Gasteiger partial charge in [-0.15, -0.1) is 0 Å². The van der Waals surface area contributed by atoms with Crippen LogP contribution in [-0.4, -0.2) is 22.2 Å². The fourth-order valence-electron chi connectivity index (χ4n) is 0.757. The molecule has 0 spiro atoms. The normalized spacial score (nSPS) is 10.0. The third-order valence-electron chi connectivity index (χ3n) is 1.30. The molecule has 1 N–H and O–H groups in total. The molecule has 0 atom stereocenters. The summed E-state index contributed by atoms with van der Waals surface area (Å²) in [7, 11) is 0. The van der Waals surface area contributed by atoms with Crippen molar-refractivity contribution in [1.29, 1.82) is 0 Å². The van der Waals surface area contributed by atoms with E-state index in [2.05, 4.69) is 20.9 Å². The van der Waals surface area contributed by atoms with E-state index < -0.39 is 17.3 Å². The third kappa shape index (κ3) is 2.53. The van der Waals surface area contributed by atoms with E-state index in [-0.39, 0.29) is 10.8 Å². The Kier molecular flexibility index (Phi) is 3.05. The summed E-state index contributed by atoms with van der Waals surface area (Å²) in [5, 5.41) is 10.3. The Bertz CT molecular complexity index is 343. The first-order valence-corrected chi connectivity index (χ1v) is 4.37. The average Bonchev–Trinajstić information content (AvgIpc) is 2.31. The molecule has 1 heterocycles. The van der Waals surface area contributed by atoms with Gasteiger partial charge in [0, 0.05) is 4.92 Å². The molecule has 7 heteroatoms. The maximum Gasteiger partial charge on any atom is 0.267 e. The number of nitro groups is 1. The van der Waals surface area contributed by atoms with E-state index in [1.807, 2.05) is 0 Å². The number of Topliss-reactive ketones (excluding diaryl/α,β-unsaturated/α-hetero) is 1. The molecule has 5 nitrogen and oxygen atoms in total. The fourth-order valence-corrected chi connectivity index (χ4v) is 1.24. The van der Waals surface area contributed by atoms with Gasteiger partial charge in [-0.3, -0.25) is 14.9 Å². The van der Waals surface area contributed by atoms with E-state index in [1.165, 1.54) is 6.07 Å². The Morgan fingerprint density at radius 2 is 2.38 bits per heavy atom. The molecule has 70 valence electrons. The highest BCUT2D eigenvalue weighted by atomic mass is 79.9. The van der Waals surface area contributed by atoms with E-state index in [9.17, 15) is 14.9 Å². The van der Waals surface area contributed by atoms with Gasteiger partial charge < -0.3 is 4.98 Å². The summed E-state index contributed by atoms with van der Waals surface area (Å²) < 4.78 is 0.515. The summed E-state index contributed by atoms with van der Waals surface area (Å²) in [6.07, 6.45) is 0. The highest BCUT2D eigenvalue weighted by Gasteiger charge is 2.15. The SMILES string of the molecule is O=C(C[N+](=O)[O-])c1cc(Br)c(Cl)[nH]1. The predicted molar refractivity (Wildman–Crippen MR) is 49.7 cm³/mol. The molecule has 0 saturated heterocycles. The van der Waals surface area contributed by atoms with Gasteiger partial charge >= 0.3 is 0 Å². The Hall–Kier alpha value is -0.880. The number of hydrogen-bond donors (Lipinski definition) is 1. The number of carbonyl (C=O) groups is 1. The van der Waals surface area contributed by atoms with Crippen LogP contribution in [0.5, 0.6) is 0 Å². The minimum atomic E-state index is -0.733. The van der Waals surface area contributed by atoms with Crippen LogP contribution < -0.4 is 0 Å². The molecule has 1 aromatic heterocycles. The third-order valence-corrected chi connectivity index (χ3v) is 2.45. The first-order chi connectivity index (χ1) is 6.00. The fraction of sp³-hybridized carbons (Fsp3) is 0.167. The molecule has 0 radical (unpaired) electrons. The second-order valence-electron chi connectivity index (χ2n) is 2.26. The molecule has 0 aliphatic rings. The van der Waals surface area contributed by atoms with Crippen molar-refractivity contribution in [3.05, 3.63) is 31.5 Å². The molecule has 1 rings (SSSR count). The average molecular weight is 267 g/mol. The maximum absolute atomic E-state index is 11.1. The Labute approximate surface area is 86.4 Å². The van der Waals surface area contributed by atoms with E-state index >= 15 is 0 Å².